The molecule has 0 saturated heterocycles. The second-order valence-electron chi connectivity index (χ2n) is 11.7. The molecule has 0 fully saturated rings. The van der Waals surface area contributed by atoms with Gasteiger partial charge in [-0.1, -0.05) is 128 Å². The summed E-state index contributed by atoms with van der Waals surface area (Å²) in [5, 5.41) is 33.2. The fraction of sp³-hybridized carbons (Fsp3) is 0.857. The number of rotatable bonds is 30. The molecule has 5 nitrogen and oxygen atoms in total. The smallest absolute Gasteiger partial charge is 0.220 e. The van der Waals surface area contributed by atoms with Crippen LogP contribution in [0.5, 0.6) is 0 Å². The first-order valence-electron chi connectivity index (χ1n) is 17.1. The molecule has 0 aliphatic carbocycles. The van der Waals surface area contributed by atoms with Gasteiger partial charge in [0.15, 0.2) is 0 Å². The molecule has 0 rings (SSSR count). The van der Waals surface area contributed by atoms with E-state index in [1.807, 2.05) is 0 Å². The average Bonchev–Trinajstić information content (AvgIpc) is 2.96. The second-order valence-corrected chi connectivity index (χ2v) is 11.7. The van der Waals surface area contributed by atoms with Gasteiger partial charge < -0.3 is 20.6 Å². The van der Waals surface area contributed by atoms with Gasteiger partial charge in [0, 0.05) is 6.42 Å². The third-order valence-corrected chi connectivity index (χ3v) is 7.78. The number of carbonyl (C=O) groups is 1. The van der Waals surface area contributed by atoms with Crippen LogP contribution in [-0.2, 0) is 4.79 Å². The lowest BCUT2D eigenvalue weighted by atomic mass is 10.0. The molecule has 0 radical (unpaired) electrons. The Bertz CT molecular complexity index is 592. The number of nitrogens with one attached hydrogen (secondary N) is 1. The van der Waals surface area contributed by atoms with Gasteiger partial charge in [0.25, 0.3) is 0 Å². The fourth-order valence-electron chi connectivity index (χ4n) is 5.02. The predicted octanol–water partition coefficient (Wildman–Crippen LogP) is 8.70. The lowest BCUT2D eigenvalue weighted by molar-refractivity contribution is -0.124. The first-order chi connectivity index (χ1) is 19.6. The van der Waals surface area contributed by atoms with E-state index in [0.717, 1.165) is 44.9 Å². The minimum absolute atomic E-state index is 0.168. The Labute approximate surface area is 248 Å². The molecule has 1 amide bonds. The van der Waals surface area contributed by atoms with Crippen LogP contribution in [0, 0.1) is 0 Å². The molecule has 4 N–H and O–H groups in total. The number of allylic oxidation sites excluding steroid dienone is 4. The maximum Gasteiger partial charge on any atom is 0.220 e. The van der Waals surface area contributed by atoms with Crippen LogP contribution >= 0.6 is 0 Å². The van der Waals surface area contributed by atoms with Crippen molar-refractivity contribution in [3.63, 3.8) is 0 Å². The highest BCUT2D eigenvalue weighted by atomic mass is 16.3. The van der Waals surface area contributed by atoms with Crippen molar-refractivity contribution in [3.05, 3.63) is 24.3 Å². The summed E-state index contributed by atoms with van der Waals surface area (Å²) >= 11 is 0. The number of hydrogen-bond donors (Lipinski definition) is 4. The SMILES string of the molecule is CCCC/C=C\CCCCCCCC(=O)NC(CO)C(O)C(O)CCC/C=C/CCCCCCCCCCCC. The molecule has 0 bridgehead atoms. The van der Waals surface area contributed by atoms with Crippen molar-refractivity contribution >= 4 is 5.91 Å². The standard InChI is InChI=1S/C35H67NO4/c1-3-5-7-9-11-13-15-16-17-18-20-21-23-25-27-29-33(38)35(40)32(31-37)36-34(39)30-28-26-24-22-19-14-12-10-8-6-4-2/h10,12,21,23,32-33,35,37-38,40H,3-9,11,13-20,22,24-31H2,1-2H3,(H,36,39)/b12-10-,23-21+. The van der Waals surface area contributed by atoms with Crippen molar-refractivity contribution in [3.8, 4) is 0 Å². The minimum atomic E-state index is -1.16. The third-order valence-electron chi connectivity index (χ3n) is 7.78. The van der Waals surface area contributed by atoms with Crippen molar-refractivity contribution in [2.45, 2.75) is 186 Å². The molecule has 5 heteroatoms. The van der Waals surface area contributed by atoms with Gasteiger partial charge in [0.05, 0.1) is 18.8 Å². The van der Waals surface area contributed by atoms with E-state index in [0.29, 0.717) is 12.8 Å². The van der Waals surface area contributed by atoms with Gasteiger partial charge in [-0.05, 0) is 57.8 Å². The Hall–Kier alpha value is -1.17. The number of aliphatic hydroxyl groups is 3. The molecule has 0 aromatic rings. The van der Waals surface area contributed by atoms with Crippen LogP contribution in [-0.4, -0.2) is 46.1 Å². The first kappa shape index (κ1) is 38.8. The summed E-state index contributed by atoms with van der Waals surface area (Å²) < 4.78 is 0. The van der Waals surface area contributed by atoms with Crippen LogP contribution < -0.4 is 5.32 Å². The number of aliphatic hydroxyl groups excluding tert-OH is 3. The van der Waals surface area contributed by atoms with E-state index in [4.69, 9.17) is 0 Å². The highest BCUT2D eigenvalue weighted by molar-refractivity contribution is 5.76. The minimum Gasteiger partial charge on any atom is -0.394 e. The van der Waals surface area contributed by atoms with Crippen LogP contribution in [0.3, 0.4) is 0 Å². The van der Waals surface area contributed by atoms with Gasteiger partial charge in [-0.2, -0.15) is 0 Å². The first-order valence-corrected chi connectivity index (χ1v) is 17.1. The molecular formula is C35H67NO4. The molecule has 3 atom stereocenters. The summed E-state index contributed by atoms with van der Waals surface area (Å²) in [6.45, 7) is 4.09. The summed E-state index contributed by atoms with van der Waals surface area (Å²) in [6.07, 6.45) is 34.1. The number of carbonyl (C=O) groups excluding carboxylic acids is 1. The molecular weight excluding hydrogens is 498 g/mol. The maximum absolute atomic E-state index is 12.3. The zero-order valence-corrected chi connectivity index (χ0v) is 26.5. The summed E-state index contributed by atoms with van der Waals surface area (Å²) in [7, 11) is 0. The third kappa shape index (κ3) is 25.8. The average molecular weight is 566 g/mol. The highest BCUT2D eigenvalue weighted by Crippen LogP contribution is 2.13. The van der Waals surface area contributed by atoms with E-state index in [2.05, 4.69) is 43.5 Å². The summed E-state index contributed by atoms with van der Waals surface area (Å²) in [5.74, 6) is -0.168. The molecule has 40 heavy (non-hydrogen) atoms. The Balaban J connectivity index is 3.78. The number of amides is 1. The van der Waals surface area contributed by atoms with Crippen molar-refractivity contribution in [1.29, 1.82) is 0 Å². The Morgan fingerprint density at radius 1 is 0.600 bits per heavy atom. The largest absolute Gasteiger partial charge is 0.394 e. The van der Waals surface area contributed by atoms with Gasteiger partial charge in [-0.3, -0.25) is 4.79 Å². The fourth-order valence-corrected chi connectivity index (χ4v) is 5.02. The molecule has 0 heterocycles. The van der Waals surface area contributed by atoms with E-state index < -0.39 is 18.2 Å². The Morgan fingerprint density at radius 3 is 1.52 bits per heavy atom. The molecule has 0 aromatic heterocycles. The van der Waals surface area contributed by atoms with Crippen LogP contribution in [0.15, 0.2) is 24.3 Å². The van der Waals surface area contributed by atoms with E-state index >= 15 is 0 Å². The van der Waals surface area contributed by atoms with Gasteiger partial charge in [-0.25, -0.2) is 0 Å². The normalized spacial score (nSPS) is 14.2. The van der Waals surface area contributed by atoms with Crippen molar-refractivity contribution < 1.29 is 20.1 Å². The summed E-state index contributed by atoms with van der Waals surface area (Å²) in [5.41, 5.74) is 0. The predicted molar refractivity (Wildman–Crippen MR) is 171 cm³/mol. The van der Waals surface area contributed by atoms with Crippen LogP contribution in [0.2, 0.25) is 0 Å². The molecule has 0 aliphatic rings. The second kappa shape index (κ2) is 30.8. The van der Waals surface area contributed by atoms with Crippen LogP contribution in [0.1, 0.15) is 168 Å². The summed E-state index contributed by atoms with van der Waals surface area (Å²) in [6, 6.07) is -0.825. The zero-order valence-electron chi connectivity index (χ0n) is 26.5. The molecule has 236 valence electrons. The topological polar surface area (TPSA) is 89.8 Å². The van der Waals surface area contributed by atoms with Gasteiger partial charge in [0.2, 0.25) is 5.91 Å². The molecule has 0 aliphatic heterocycles. The summed E-state index contributed by atoms with van der Waals surface area (Å²) in [4.78, 5) is 12.3. The van der Waals surface area contributed by atoms with Gasteiger partial charge in [0.1, 0.15) is 6.10 Å². The van der Waals surface area contributed by atoms with E-state index in [1.54, 1.807) is 0 Å². The van der Waals surface area contributed by atoms with Crippen LogP contribution in [0.4, 0.5) is 0 Å². The molecule has 0 aromatic carbocycles. The van der Waals surface area contributed by atoms with E-state index in [1.165, 1.54) is 96.3 Å². The number of hydrogen-bond acceptors (Lipinski definition) is 4. The zero-order chi connectivity index (χ0) is 29.5. The van der Waals surface area contributed by atoms with Gasteiger partial charge in [-0.15, -0.1) is 0 Å². The Morgan fingerprint density at radius 2 is 1.02 bits per heavy atom. The molecule has 0 spiro atoms. The maximum atomic E-state index is 12.3. The highest BCUT2D eigenvalue weighted by Gasteiger charge is 2.26. The van der Waals surface area contributed by atoms with E-state index in [-0.39, 0.29) is 12.5 Å². The lowest BCUT2D eigenvalue weighted by Crippen LogP contribution is -2.50. The lowest BCUT2D eigenvalue weighted by Gasteiger charge is -2.26. The van der Waals surface area contributed by atoms with E-state index in [9.17, 15) is 20.1 Å². The molecule has 3 unspecified atom stereocenters. The monoisotopic (exact) mass is 566 g/mol. The van der Waals surface area contributed by atoms with Gasteiger partial charge >= 0.3 is 0 Å². The Kier molecular flexibility index (Phi) is 29.9. The van der Waals surface area contributed by atoms with Crippen molar-refractivity contribution in [2.75, 3.05) is 6.61 Å². The van der Waals surface area contributed by atoms with Crippen molar-refractivity contribution in [1.82, 2.24) is 5.32 Å². The van der Waals surface area contributed by atoms with Crippen molar-refractivity contribution in [2.24, 2.45) is 0 Å². The molecule has 0 saturated carbocycles. The number of unbranched alkanes of at least 4 members (excludes halogenated alkanes) is 18. The quantitative estimate of drug-likeness (QED) is 0.0518. The van der Waals surface area contributed by atoms with Crippen LogP contribution in [0.25, 0.3) is 0 Å².